The van der Waals surface area contributed by atoms with E-state index in [-0.39, 0.29) is 5.56 Å². The summed E-state index contributed by atoms with van der Waals surface area (Å²) in [5.74, 6) is -0.174. The second-order valence-electron chi connectivity index (χ2n) is 3.66. The Hall–Kier alpha value is -1.75. The highest BCUT2D eigenvalue weighted by molar-refractivity contribution is 5.88. The highest BCUT2D eigenvalue weighted by Gasteiger charge is 2.10. The van der Waals surface area contributed by atoms with E-state index < -0.39 is 12.1 Å². The summed E-state index contributed by atoms with van der Waals surface area (Å²) < 4.78 is 10.4. The number of hydrogen-bond donors (Lipinski definition) is 2. The predicted molar refractivity (Wildman–Crippen MR) is 61.7 cm³/mol. The van der Waals surface area contributed by atoms with Crippen molar-refractivity contribution in [3.05, 3.63) is 23.8 Å². The van der Waals surface area contributed by atoms with E-state index in [4.69, 9.17) is 19.7 Å². The van der Waals surface area contributed by atoms with Crippen molar-refractivity contribution < 1.29 is 24.5 Å². The minimum absolute atomic E-state index is 0.143. The lowest BCUT2D eigenvalue weighted by Crippen LogP contribution is -2.08. The molecule has 1 aromatic carbocycles. The van der Waals surface area contributed by atoms with Gasteiger partial charge in [-0.2, -0.15) is 0 Å². The lowest BCUT2D eigenvalue weighted by molar-refractivity contribution is 0.0696. The summed E-state index contributed by atoms with van der Waals surface area (Å²) in [5, 5.41) is 17.9. The number of aromatic carboxylic acids is 1. The maximum Gasteiger partial charge on any atom is 0.335 e. The van der Waals surface area contributed by atoms with Gasteiger partial charge in [0.05, 0.1) is 25.4 Å². The summed E-state index contributed by atoms with van der Waals surface area (Å²) in [4.78, 5) is 10.8. The lowest BCUT2D eigenvalue weighted by atomic mass is 10.2. The Morgan fingerprint density at radius 1 is 1.41 bits per heavy atom. The van der Waals surface area contributed by atoms with Crippen LogP contribution in [0.25, 0.3) is 0 Å². The van der Waals surface area contributed by atoms with Gasteiger partial charge in [-0.05, 0) is 25.1 Å². The first-order chi connectivity index (χ1) is 8.04. The number of rotatable bonds is 6. The van der Waals surface area contributed by atoms with E-state index >= 15 is 0 Å². The smallest absolute Gasteiger partial charge is 0.335 e. The summed E-state index contributed by atoms with van der Waals surface area (Å²) in [6.45, 7) is 2.02. The van der Waals surface area contributed by atoms with Gasteiger partial charge in [0.2, 0.25) is 0 Å². The highest BCUT2D eigenvalue weighted by atomic mass is 16.5. The van der Waals surface area contributed by atoms with Gasteiger partial charge in [0.25, 0.3) is 0 Å². The van der Waals surface area contributed by atoms with Crippen molar-refractivity contribution in [2.45, 2.75) is 19.4 Å². The average Bonchev–Trinajstić information content (AvgIpc) is 2.28. The fourth-order valence-electron chi connectivity index (χ4n) is 1.26. The van der Waals surface area contributed by atoms with Crippen molar-refractivity contribution in [1.82, 2.24) is 0 Å². The quantitative estimate of drug-likeness (QED) is 0.788. The van der Waals surface area contributed by atoms with Crippen LogP contribution in [0.1, 0.15) is 23.7 Å². The zero-order valence-corrected chi connectivity index (χ0v) is 9.84. The van der Waals surface area contributed by atoms with Gasteiger partial charge in [0.15, 0.2) is 11.5 Å². The molecular formula is C12H16O5. The molecule has 5 nitrogen and oxygen atoms in total. The van der Waals surface area contributed by atoms with Crippen LogP contribution < -0.4 is 9.47 Å². The summed E-state index contributed by atoms with van der Waals surface area (Å²) >= 11 is 0. The van der Waals surface area contributed by atoms with Crippen molar-refractivity contribution in [3.8, 4) is 11.5 Å². The van der Waals surface area contributed by atoms with E-state index in [9.17, 15) is 4.79 Å². The molecule has 1 rings (SSSR count). The third kappa shape index (κ3) is 3.96. The molecule has 0 saturated carbocycles. The van der Waals surface area contributed by atoms with Gasteiger partial charge < -0.3 is 19.7 Å². The number of carboxylic acid groups (broad SMARTS) is 1. The fourth-order valence-corrected chi connectivity index (χ4v) is 1.26. The van der Waals surface area contributed by atoms with Gasteiger partial charge in [-0.1, -0.05) is 0 Å². The number of carboxylic acids is 1. The molecule has 0 aromatic heterocycles. The Labute approximate surface area is 99.6 Å². The number of ether oxygens (including phenoxy) is 2. The van der Waals surface area contributed by atoms with Crippen molar-refractivity contribution in [2.24, 2.45) is 0 Å². The molecule has 1 unspecified atom stereocenters. The molecule has 0 radical (unpaired) electrons. The van der Waals surface area contributed by atoms with Crippen molar-refractivity contribution >= 4 is 5.97 Å². The first kappa shape index (κ1) is 13.3. The van der Waals surface area contributed by atoms with E-state index in [1.165, 1.54) is 19.2 Å². The normalized spacial score (nSPS) is 11.9. The second-order valence-corrected chi connectivity index (χ2v) is 3.66. The van der Waals surface area contributed by atoms with Crippen LogP contribution in [0.2, 0.25) is 0 Å². The van der Waals surface area contributed by atoms with Crippen LogP contribution in [0, 0.1) is 0 Å². The van der Waals surface area contributed by atoms with Crippen molar-refractivity contribution in [3.63, 3.8) is 0 Å². The molecule has 94 valence electrons. The molecule has 1 aromatic rings. The summed E-state index contributed by atoms with van der Waals surface area (Å²) in [7, 11) is 1.45. The molecule has 0 heterocycles. The molecule has 0 aliphatic heterocycles. The van der Waals surface area contributed by atoms with Crippen molar-refractivity contribution in [2.75, 3.05) is 13.7 Å². The van der Waals surface area contributed by atoms with E-state index in [1.54, 1.807) is 13.0 Å². The Kier molecular flexibility index (Phi) is 4.78. The Morgan fingerprint density at radius 3 is 2.65 bits per heavy atom. The van der Waals surface area contributed by atoms with E-state index in [1.807, 2.05) is 0 Å². The largest absolute Gasteiger partial charge is 0.493 e. The van der Waals surface area contributed by atoms with Crippen LogP contribution in [0.3, 0.4) is 0 Å². The van der Waals surface area contributed by atoms with Crippen molar-refractivity contribution in [1.29, 1.82) is 0 Å². The maximum atomic E-state index is 10.8. The van der Waals surface area contributed by atoms with Crippen LogP contribution in [0.4, 0.5) is 0 Å². The van der Waals surface area contributed by atoms with Gasteiger partial charge in [-0.15, -0.1) is 0 Å². The predicted octanol–water partition coefficient (Wildman–Crippen LogP) is 1.54. The van der Waals surface area contributed by atoms with Crippen LogP contribution in [-0.4, -0.2) is 36.0 Å². The monoisotopic (exact) mass is 240 g/mol. The third-order valence-corrected chi connectivity index (χ3v) is 2.20. The first-order valence-electron chi connectivity index (χ1n) is 5.26. The van der Waals surface area contributed by atoms with E-state index in [0.29, 0.717) is 24.5 Å². The summed E-state index contributed by atoms with van der Waals surface area (Å²) in [6.07, 6.45) is 0.0726. The number of methoxy groups -OCH3 is 1. The average molecular weight is 240 g/mol. The minimum Gasteiger partial charge on any atom is -0.493 e. The minimum atomic E-state index is -1.01. The van der Waals surface area contributed by atoms with Gasteiger partial charge in [0, 0.05) is 6.42 Å². The van der Waals surface area contributed by atoms with Gasteiger partial charge >= 0.3 is 5.97 Å². The van der Waals surface area contributed by atoms with E-state index in [2.05, 4.69) is 0 Å². The van der Waals surface area contributed by atoms with Gasteiger partial charge in [0.1, 0.15) is 0 Å². The summed E-state index contributed by atoms with van der Waals surface area (Å²) in [6, 6.07) is 4.40. The molecule has 0 aliphatic rings. The second kappa shape index (κ2) is 6.10. The molecule has 0 bridgehead atoms. The van der Waals surface area contributed by atoms with E-state index in [0.717, 1.165) is 0 Å². The van der Waals surface area contributed by atoms with Crippen LogP contribution in [0.5, 0.6) is 11.5 Å². The highest BCUT2D eigenvalue weighted by Crippen LogP contribution is 2.28. The molecule has 0 spiro atoms. The molecule has 0 saturated heterocycles. The molecule has 17 heavy (non-hydrogen) atoms. The number of aliphatic hydroxyl groups is 1. The molecule has 2 N–H and O–H groups in total. The molecular weight excluding hydrogens is 224 g/mol. The summed E-state index contributed by atoms with van der Waals surface area (Å²) in [5.41, 5.74) is 0.143. The first-order valence-corrected chi connectivity index (χ1v) is 5.26. The number of aliphatic hydroxyl groups excluding tert-OH is 1. The molecule has 5 heteroatoms. The van der Waals surface area contributed by atoms with Crippen LogP contribution in [0.15, 0.2) is 18.2 Å². The Morgan fingerprint density at radius 2 is 2.12 bits per heavy atom. The Bertz CT molecular complexity index is 386. The lowest BCUT2D eigenvalue weighted by Gasteiger charge is -2.11. The standard InChI is InChI=1S/C12H16O5/c1-8(13)5-6-17-10-4-3-9(12(14)15)7-11(10)16-2/h3-4,7-8,13H,5-6H2,1-2H3,(H,14,15). The van der Waals surface area contributed by atoms with Crippen LogP contribution in [-0.2, 0) is 0 Å². The fraction of sp³-hybridized carbons (Fsp3) is 0.417. The van der Waals surface area contributed by atoms with Gasteiger partial charge in [-0.25, -0.2) is 4.79 Å². The molecule has 0 aliphatic carbocycles. The number of hydrogen-bond acceptors (Lipinski definition) is 4. The van der Waals surface area contributed by atoms with Crippen LogP contribution >= 0.6 is 0 Å². The third-order valence-electron chi connectivity index (χ3n) is 2.20. The topological polar surface area (TPSA) is 76.0 Å². The number of benzene rings is 1. The molecule has 0 amide bonds. The SMILES string of the molecule is COc1cc(C(=O)O)ccc1OCCC(C)O. The number of carbonyl (C=O) groups is 1. The Balaban J connectivity index is 2.75. The van der Waals surface area contributed by atoms with Gasteiger partial charge in [-0.3, -0.25) is 0 Å². The zero-order chi connectivity index (χ0) is 12.8. The molecule has 0 fully saturated rings. The molecule has 1 atom stereocenters. The maximum absolute atomic E-state index is 10.8. The zero-order valence-electron chi connectivity index (χ0n) is 9.84.